The summed E-state index contributed by atoms with van der Waals surface area (Å²) in [5, 5.41) is 5.87. The van der Waals surface area contributed by atoms with Gasteiger partial charge in [-0.25, -0.2) is 0 Å². The van der Waals surface area contributed by atoms with Crippen molar-refractivity contribution in [3.05, 3.63) is 40.5 Å². The zero-order valence-corrected chi connectivity index (χ0v) is 11.3. The number of carbonyl (C=O) groups excluding carboxylic acids is 1. The van der Waals surface area contributed by atoms with Crippen LogP contribution < -0.4 is 10.6 Å². The van der Waals surface area contributed by atoms with Crippen molar-refractivity contribution in [1.82, 2.24) is 5.32 Å². The fourth-order valence-electron chi connectivity index (χ4n) is 1.19. The van der Waals surface area contributed by atoms with Gasteiger partial charge in [0.2, 0.25) is 5.91 Å². The van der Waals surface area contributed by atoms with Gasteiger partial charge in [0.1, 0.15) is 6.04 Å². The molecule has 1 rings (SSSR count). The van der Waals surface area contributed by atoms with E-state index in [-0.39, 0.29) is 11.9 Å². The molecule has 3 nitrogen and oxygen atoms in total. The summed E-state index contributed by atoms with van der Waals surface area (Å²) in [7, 11) is 0. The van der Waals surface area contributed by atoms with Crippen molar-refractivity contribution in [2.24, 2.45) is 0 Å². The molecule has 1 unspecified atom stereocenters. The molecule has 0 saturated carbocycles. The highest BCUT2D eigenvalue weighted by atomic mass is 127. The Labute approximate surface area is 109 Å². The van der Waals surface area contributed by atoms with Crippen LogP contribution in [0, 0.1) is 3.57 Å². The first kappa shape index (κ1) is 13.0. The Morgan fingerprint density at radius 2 is 2.12 bits per heavy atom. The number of amides is 1. The molecule has 1 aromatic carbocycles. The van der Waals surface area contributed by atoms with E-state index in [1.54, 1.807) is 6.08 Å². The third kappa shape index (κ3) is 4.22. The van der Waals surface area contributed by atoms with Gasteiger partial charge in [0, 0.05) is 15.8 Å². The monoisotopic (exact) mass is 330 g/mol. The minimum Gasteiger partial charge on any atom is -0.374 e. The molecule has 0 aliphatic heterocycles. The summed E-state index contributed by atoms with van der Waals surface area (Å²) >= 11 is 2.24. The third-order valence-electron chi connectivity index (χ3n) is 2.04. The van der Waals surface area contributed by atoms with E-state index in [1.165, 1.54) is 3.57 Å². The SMILES string of the molecule is C=CCNC(=O)C(C)Nc1ccc(I)cc1. The summed E-state index contributed by atoms with van der Waals surface area (Å²) in [6.45, 7) is 5.88. The van der Waals surface area contributed by atoms with Crippen LogP contribution in [0.25, 0.3) is 0 Å². The Morgan fingerprint density at radius 1 is 1.50 bits per heavy atom. The standard InChI is InChI=1S/C12H15IN2O/c1-3-8-14-12(16)9(2)15-11-6-4-10(13)5-7-11/h3-7,9,15H,1,8H2,2H3,(H,14,16). The van der Waals surface area contributed by atoms with Gasteiger partial charge < -0.3 is 10.6 Å². The van der Waals surface area contributed by atoms with Crippen molar-refractivity contribution in [2.45, 2.75) is 13.0 Å². The van der Waals surface area contributed by atoms with Crippen molar-refractivity contribution >= 4 is 34.2 Å². The van der Waals surface area contributed by atoms with Crippen molar-refractivity contribution in [1.29, 1.82) is 0 Å². The average Bonchev–Trinajstić information content (AvgIpc) is 2.29. The minimum absolute atomic E-state index is 0.0292. The van der Waals surface area contributed by atoms with Crippen LogP contribution in [-0.4, -0.2) is 18.5 Å². The van der Waals surface area contributed by atoms with Gasteiger partial charge in [-0.3, -0.25) is 4.79 Å². The van der Waals surface area contributed by atoms with Gasteiger partial charge in [-0.15, -0.1) is 6.58 Å². The second kappa shape index (κ2) is 6.52. The Bertz CT molecular complexity index is 362. The normalized spacial score (nSPS) is 11.6. The molecule has 0 heterocycles. The van der Waals surface area contributed by atoms with Gasteiger partial charge >= 0.3 is 0 Å². The maximum absolute atomic E-state index is 11.6. The molecule has 0 bridgehead atoms. The molecule has 0 aliphatic carbocycles. The smallest absolute Gasteiger partial charge is 0.242 e. The van der Waals surface area contributed by atoms with Crippen molar-refractivity contribution in [3.8, 4) is 0 Å². The van der Waals surface area contributed by atoms with Gasteiger partial charge in [-0.05, 0) is 53.8 Å². The molecule has 16 heavy (non-hydrogen) atoms. The van der Waals surface area contributed by atoms with Crippen LogP contribution in [-0.2, 0) is 4.79 Å². The topological polar surface area (TPSA) is 41.1 Å². The van der Waals surface area contributed by atoms with E-state index in [0.29, 0.717) is 6.54 Å². The Hall–Kier alpha value is -1.04. The summed E-state index contributed by atoms with van der Waals surface area (Å²) in [6.07, 6.45) is 1.66. The summed E-state index contributed by atoms with van der Waals surface area (Å²) < 4.78 is 1.17. The van der Waals surface area contributed by atoms with Crippen LogP contribution in [0.5, 0.6) is 0 Å². The van der Waals surface area contributed by atoms with Gasteiger partial charge in [0.15, 0.2) is 0 Å². The second-order valence-corrected chi connectivity index (χ2v) is 4.65. The molecular weight excluding hydrogens is 315 g/mol. The van der Waals surface area contributed by atoms with Crippen LogP contribution in [0.4, 0.5) is 5.69 Å². The van der Waals surface area contributed by atoms with E-state index >= 15 is 0 Å². The van der Waals surface area contributed by atoms with E-state index in [9.17, 15) is 4.79 Å². The van der Waals surface area contributed by atoms with Crippen molar-refractivity contribution in [3.63, 3.8) is 0 Å². The maximum atomic E-state index is 11.6. The Kier molecular flexibility index (Phi) is 5.31. The number of rotatable bonds is 5. The number of nitrogens with one attached hydrogen (secondary N) is 2. The number of hydrogen-bond donors (Lipinski definition) is 2. The number of carbonyl (C=O) groups is 1. The maximum Gasteiger partial charge on any atom is 0.242 e. The van der Waals surface area contributed by atoms with E-state index in [4.69, 9.17) is 0 Å². The molecule has 1 amide bonds. The first-order valence-electron chi connectivity index (χ1n) is 5.04. The summed E-state index contributed by atoms with van der Waals surface area (Å²) in [4.78, 5) is 11.6. The van der Waals surface area contributed by atoms with Crippen LogP contribution in [0.2, 0.25) is 0 Å². The Balaban J connectivity index is 2.50. The summed E-state index contributed by atoms with van der Waals surface area (Å²) in [6, 6.07) is 7.66. The molecule has 1 atom stereocenters. The fourth-order valence-corrected chi connectivity index (χ4v) is 1.55. The largest absolute Gasteiger partial charge is 0.374 e. The number of anilines is 1. The predicted molar refractivity (Wildman–Crippen MR) is 75.5 cm³/mol. The molecule has 0 fully saturated rings. The lowest BCUT2D eigenvalue weighted by molar-refractivity contribution is -0.121. The lowest BCUT2D eigenvalue weighted by Crippen LogP contribution is -2.37. The summed E-state index contributed by atoms with van der Waals surface area (Å²) in [5.74, 6) is -0.0292. The number of halogens is 1. The number of hydrogen-bond acceptors (Lipinski definition) is 2. The first-order chi connectivity index (χ1) is 7.63. The van der Waals surface area contributed by atoms with Crippen LogP contribution in [0.1, 0.15) is 6.92 Å². The van der Waals surface area contributed by atoms with Gasteiger partial charge in [-0.2, -0.15) is 0 Å². The lowest BCUT2D eigenvalue weighted by Gasteiger charge is -2.14. The highest BCUT2D eigenvalue weighted by molar-refractivity contribution is 14.1. The molecule has 0 aliphatic rings. The molecule has 1 aromatic rings. The van der Waals surface area contributed by atoms with Crippen LogP contribution in [0.15, 0.2) is 36.9 Å². The highest BCUT2D eigenvalue weighted by Crippen LogP contribution is 2.12. The Morgan fingerprint density at radius 3 is 2.69 bits per heavy atom. The molecule has 0 spiro atoms. The molecular formula is C12H15IN2O. The molecule has 4 heteroatoms. The van der Waals surface area contributed by atoms with E-state index in [1.807, 2.05) is 31.2 Å². The second-order valence-electron chi connectivity index (χ2n) is 3.41. The van der Waals surface area contributed by atoms with E-state index < -0.39 is 0 Å². The van der Waals surface area contributed by atoms with Crippen LogP contribution in [0.3, 0.4) is 0 Å². The molecule has 0 aromatic heterocycles. The van der Waals surface area contributed by atoms with Gasteiger partial charge in [-0.1, -0.05) is 6.08 Å². The van der Waals surface area contributed by atoms with Crippen LogP contribution >= 0.6 is 22.6 Å². The molecule has 2 N–H and O–H groups in total. The molecule has 0 saturated heterocycles. The molecule has 86 valence electrons. The zero-order valence-electron chi connectivity index (χ0n) is 9.16. The van der Waals surface area contributed by atoms with Crippen molar-refractivity contribution in [2.75, 3.05) is 11.9 Å². The minimum atomic E-state index is -0.250. The fraction of sp³-hybridized carbons (Fsp3) is 0.250. The number of benzene rings is 1. The predicted octanol–water partition coefficient (Wildman–Crippen LogP) is 2.39. The average molecular weight is 330 g/mol. The van der Waals surface area contributed by atoms with Gasteiger partial charge in [0.05, 0.1) is 0 Å². The first-order valence-corrected chi connectivity index (χ1v) is 6.12. The van der Waals surface area contributed by atoms with Crippen molar-refractivity contribution < 1.29 is 4.79 Å². The zero-order chi connectivity index (χ0) is 12.0. The summed E-state index contributed by atoms with van der Waals surface area (Å²) in [5.41, 5.74) is 0.946. The quantitative estimate of drug-likeness (QED) is 0.643. The van der Waals surface area contributed by atoms with Gasteiger partial charge in [0.25, 0.3) is 0 Å². The van der Waals surface area contributed by atoms with E-state index in [2.05, 4.69) is 39.8 Å². The highest BCUT2D eigenvalue weighted by Gasteiger charge is 2.10. The van der Waals surface area contributed by atoms with E-state index in [0.717, 1.165) is 5.69 Å². The molecule has 0 radical (unpaired) electrons. The lowest BCUT2D eigenvalue weighted by atomic mass is 10.2. The third-order valence-corrected chi connectivity index (χ3v) is 2.76.